The number of hydrogen-bond acceptors (Lipinski definition) is 4. The molecule has 0 saturated carbocycles. The van der Waals surface area contributed by atoms with Crippen LogP contribution in [0.5, 0.6) is 0 Å². The number of aryl methyl sites for hydroxylation is 2. The predicted molar refractivity (Wildman–Crippen MR) is 107 cm³/mol. The van der Waals surface area contributed by atoms with Gasteiger partial charge in [-0.15, -0.1) is 0 Å². The molecule has 0 spiro atoms. The quantitative estimate of drug-likeness (QED) is 0.551. The highest BCUT2D eigenvalue weighted by Gasteiger charge is 2.26. The Morgan fingerprint density at radius 1 is 1.27 bits per heavy atom. The number of nitrogens with zero attached hydrogens (tertiary/aromatic N) is 3. The Morgan fingerprint density at radius 2 is 1.96 bits per heavy atom. The lowest BCUT2D eigenvalue weighted by Crippen LogP contribution is -2.39. The lowest BCUT2D eigenvalue weighted by molar-refractivity contribution is 0.0680. The molecular formula is C20H24ClN3OS. The molecule has 1 aromatic carbocycles. The van der Waals surface area contributed by atoms with Crippen LogP contribution in [0, 0.1) is 12.8 Å². The first kappa shape index (κ1) is 19.2. The van der Waals surface area contributed by atoms with E-state index in [1.165, 1.54) is 35.5 Å². The van der Waals surface area contributed by atoms with Gasteiger partial charge in [0.15, 0.2) is 10.9 Å². The summed E-state index contributed by atoms with van der Waals surface area (Å²) in [5, 5.41) is 0.903. The average Bonchev–Trinajstić information content (AvgIpc) is 2.68. The fourth-order valence-electron chi connectivity index (χ4n) is 3.30. The largest absolute Gasteiger partial charge is 0.337 e. The first-order valence-electron chi connectivity index (χ1n) is 8.98. The maximum Gasteiger partial charge on any atom is 0.274 e. The van der Waals surface area contributed by atoms with Crippen molar-refractivity contribution in [3.63, 3.8) is 0 Å². The topological polar surface area (TPSA) is 46.1 Å². The summed E-state index contributed by atoms with van der Waals surface area (Å²) in [5.74, 6) is 0.590. The van der Waals surface area contributed by atoms with Crippen LogP contribution in [0.4, 0.5) is 0 Å². The predicted octanol–water partition coefficient (Wildman–Crippen LogP) is 4.65. The van der Waals surface area contributed by atoms with E-state index < -0.39 is 0 Å². The van der Waals surface area contributed by atoms with Gasteiger partial charge in [0.05, 0.1) is 11.2 Å². The first-order valence-corrected chi connectivity index (χ1v) is 10.6. The van der Waals surface area contributed by atoms with Gasteiger partial charge in [-0.05, 0) is 50.3 Å². The van der Waals surface area contributed by atoms with E-state index in [9.17, 15) is 4.79 Å². The maximum absolute atomic E-state index is 12.7. The number of amides is 1. The van der Waals surface area contributed by atoms with E-state index in [1.54, 1.807) is 0 Å². The second-order valence-electron chi connectivity index (χ2n) is 6.81. The van der Waals surface area contributed by atoms with Gasteiger partial charge in [-0.2, -0.15) is 0 Å². The van der Waals surface area contributed by atoms with Gasteiger partial charge in [-0.1, -0.05) is 53.2 Å². The first-order chi connectivity index (χ1) is 12.6. The normalized spacial score (nSPS) is 15.3. The van der Waals surface area contributed by atoms with Crippen LogP contribution in [0.2, 0.25) is 5.02 Å². The third kappa shape index (κ3) is 4.77. The van der Waals surface area contributed by atoms with Gasteiger partial charge in [0, 0.05) is 13.1 Å². The van der Waals surface area contributed by atoms with E-state index in [0.29, 0.717) is 21.8 Å². The summed E-state index contributed by atoms with van der Waals surface area (Å²) in [5.41, 5.74) is 3.02. The monoisotopic (exact) mass is 389 g/mol. The van der Waals surface area contributed by atoms with E-state index >= 15 is 0 Å². The fourth-order valence-corrected chi connectivity index (χ4v) is 3.81. The minimum absolute atomic E-state index is 0.0790. The Bertz CT molecular complexity index is 758. The van der Waals surface area contributed by atoms with Gasteiger partial charge < -0.3 is 4.90 Å². The number of carbonyl (C=O) groups excluding carboxylic acids is 1. The molecule has 138 valence electrons. The molecule has 4 nitrogen and oxygen atoms in total. The van der Waals surface area contributed by atoms with Crippen LogP contribution in [0.1, 0.15) is 40.9 Å². The lowest BCUT2D eigenvalue weighted by Gasteiger charge is -2.32. The molecular weight excluding hydrogens is 366 g/mol. The van der Waals surface area contributed by atoms with Crippen LogP contribution >= 0.6 is 23.4 Å². The molecule has 26 heavy (non-hydrogen) atoms. The molecule has 1 saturated heterocycles. The summed E-state index contributed by atoms with van der Waals surface area (Å²) in [4.78, 5) is 23.0. The molecule has 1 aliphatic rings. The highest BCUT2D eigenvalue weighted by atomic mass is 35.5. The van der Waals surface area contributed by atoms with Crippen molar-refractivity contribution < 1.29 is 4.79 Å². The molecule has 1 fully saturated rings. The molecule has 3 rings (SSSR count). The fraction of sp³-hybridized carbons (Fsp3) is 0.450. The van der Waals surface area contributed by atoms with Crippen molar-refractivity contribution in [3.05, 3.63) is 52.3 Å². The Morgan fingerprint density at radius 3 is 2.62 bits per heavy atom. The molecule has 0 aliphatic carbocycles. The summed E-state index contributed by atoms with van der Waals surface area (Å²) in [7, 11) is 0. The molecule has 1 amide bonds. The van der Waals surface area contributed by atoms with Crippen molar-refractivity contribution in [2.24, 2.45) is 5.92 Å². The summed E-state index contributed by atoms with van der Waals surface area (Å²) in [6.07, 6.45) is 7.76. The molecule has 0 radical (unpaired) electrons. The number of rotatable bonds is 5. The van der Waals surface area contributed by atoms with Crippen LogP contribution in [0.15, 0.2) is 35.6 Å². The van der Waals surface area contributed by atoms with E-state index in [0.717, 1.165) is 32.4 Å². The van der Waals surface area contributed by atoms with Crippen LogP contribution in [-0.2, 0) is 6.42 Å². The maximum atomic E-state index is 12.7. The van der Waals surface area contributed by atoms with Crippen molar-refractivity contribution in [1.29, 1.82) is 0 Å². The summed E-state index contributed by atoms with van der Waals surface area (Å²) >= 11 is 7.55. The van der Waals surface area contributed by atoms with Gasteiger partial charge in [0.25, 0.3) is 5.91 Å². The number of carbonyl (C=O) groups is 1. The molecule has 0 N–H and O–H groups in total. The Kier molecular flexibility index (Phi) is 6.54. The molecule has 1 aliphatic heterocycles. The zero-order valence-electron chi connectivity index (χ0n) is 15.2. The van der Waals surface area contributed by atoms with Crippen LogP contribution in [0.3, 0.4) is 0 Å². The number of likely N-dealkylation sites (tertiary alicyclic amines) is 1. The van der Waals surface area contributed by atoms with Gasteiger partial charge in [-0.25, -0.2) is 9.97 Å². The zero-order chi connectivity index (χ0) is 18.5. The third-order valence-corrected chi connectivity index (χ3v) is 5.81. The SMILES string of the molecule is CSc1ncc(Cl)c(C(=O)N2CCC(CCc3ccc(C)cc3)CC2)n1. The van der Waals surface area contributed by atoms with Crippen molar-refractivity contribution in [1.82, 2.24) is 14.9 Å². The average molecular weight is 390 g/mol. The molecule has 6 heteroatoms. The second kappa shape index (κ2) is 8.87. The third-order valence-electron chi connectivity index (χ3n) is 4.97. The minimum atomic E-state index is -0.0790. The standard InChI is InChI=1S/C20H24ClN3OS/c1-14-3-5-15(6-4-14)7-8-16-9-11-24(12-10-16)19(25)18-17(21)13-22-20(23-18)26-2/h3-6,13,16H,7-12H2,1-2H3. The molecule has 0 unspecified atom stereocenters. The minimum Gasteiger partial charge on any atom is -0.337 e. The van der Waals surface area contributed by atoms with E-state index in [-0.39, 0.29) is 5.91 Å². The zero-order valence-corrected chi connectivity index (χ0v) is 16.8. The van der Waals surface area contributed by atoms with Gasteiger partial charge in [-0.3, -0.25) is 4.79 Å². The van der Waals surface area contributed by atoms with Crippen molar-refractivity contribution in [3.8, 4) is 0 Å². The van der Waals surface area contributed by atoms with E-state index in [1.807, 2.05) is 11.2 Å². The van der Waals surface area contributed by atoms with Crippen molar-refractivity contribution >= 4 is 29.3 Å². The Balaban J connectivity index is 1.53. The van der Waals surface area contributed by atoms with Crippen molar-refractivity contribution in [2.75, 3.05) is 19.3 Å². The molecule has 2 heterocycles. The number of aromatic nitrogens is 2. The molecule has 0 bridgehead atoms. The molecule has 2 aromatic rings. The summed E-state index contributed by atoms with van der Waals surface area (Å²) < 4.78 is 0. The number of hydrogen-bond donors (Lipinski definition) is 0. The smallest absolute Gasteiger partial charge is 0.274 e. The highest BCUT2D eigenvalue weighted by Crippen LogP contribution is 2.25. The van der Waals surface area contributed by atoms with E-state index in [4.69, 9.17) is 11.6 Å². The van der Waals surface area contributed by atoms with E-state index in [2.05, 4.69) is 41.2 Å². The Hall–Kier alpha value is -1.59. The number of piperidine rings is 1. The van der Waals surface area contributed by atoms with Gasteiger partial charge >= 0.3 is 0 Å². The molecule has 0 atom stereocenters. The van der Waals surface area contributed by atoms with Gasteiger partial charge in [0.2, 0.25) is 0 Å². The number of thioether (sulfide) groups is 1. The van der Waals surface area contributed by atoms with Crippen LogP contribution in [0.25, 0.3) is 0 Å². The van der Waals surface area contributed by atoms with Crippen molar-refractivity contribution in [2.45, 2.75) is 37.8 Å². The highest BCUT2D eigenvalue weighted by molar-refractivity contribution is 7.98. The number of benzene rings is 1. The summed E-state index contributed by atoms with van der Waals surface area (Å²) in [6.45, 7) is 3.65. The lowest BCUT2D eigenvalue weighted by atomic mass is 9.90. The second-order valence-corrected chi connectivity index (χ2v) is 7.99. The molecule has 1 aromatic heterocycles. The van der Waals surface area contributed by atoms with Crippen LogP contribution in [-0.4, -0.2) is 40.1 Å². The van der Waals surface area contributed by atoms with Crippen LogP contribution < -0.4 is 0 Å². The number of halogens is 1. The summed E-state index contributed by atoms with van der Waals surface area (Å²) in [6, 6.07) is 8.78. The Labute approximate surface area is 164 Å². The van der Waals surface area contributed by atoms with Gasteiger partial charge in [0.1, 0.15) is 0 Å².